The number of aromatic nitrogens is 2. The van der Waals surface area contributed by atoms with Crippen LogP contribution in [0, 0.1) is 0 Å². The smallest absolute Gasteiger partial charge is 0.300 e. The molecule has 2 aromatic carbocycles. The number of carbonyl (C=O) groups excluding carboxylic acids is 2. The van der Waals surface area contributed by atoms with Crippen LogP contribution in [-0.2, 0) is 9.59 Å². The summed E-state index contributed by atoms with van der Waals surface area (Å²) >= 11 is 0. The highest BCUT2D eigenvalue weighted by atomic mass is 16.7. The predicted molar refractivity (Wildman–Crippen MR) is 120 cm³/mol. The van der Waals surface area contributed by atoms with E-state index >= 15 is 0 Å². The van der Waals surface area contributed by atoms with Gasteiger partial charge >= 0.3 is 0 Å². The topological polar surface area (TPSA) is 105 Å². The second-order valence-corrected chi connectivity index (χ2v) is 7.74. The molecule has 0 radical (unpaired) electrons. The number of hydrogen-bond acceptors (Lipinski definition) is 6. The van der Waals surface area contributed by atoms with Crippen LogP contribution in [0.15, 0.2) is 78.8 Å². The number of carbonyl (C=O) groups is 2. The number of ketones is 1. The molecule has 4 heterocycles. The Labute approximate surface area is 187 Å². The fourth-order valence-corrected chi connectivity index (χ4v) is 4.41. The molecule has 2 aliphatic heterocycles. The third kappa shape index (κ3) is 2.88. The molecule has 2 aliphatic rings. The van der Waals surface area contributed by atoms with E-state index in [0.29, 0.717) is 28.3 Å². The van der Waals surface area contributed by atoms with Crippen molar-refractivity contribution in [3.8, 4) is 11.5 Å². The molecule has 1 saturated heterocycles. The summed E-state index contributed by atoms with van der Waals surface area (Å²) < 4.78 is 10.8. The first-order chi connectivity index (χ1) is 16.1. The summed E-state index contributed by atoms with van der Waals surface area (Å²) in [7, 11) is 0. The van der Waals surface area contributed by atoms with Crippen LogP contribution in [0.1, 0.15) is 17.2 Å². The van der Waals surface area contributed by atoms with Gasteiger partial charge in [0.2, 0.25) is 6.79 Å². The lowest BCUT2D eigenvalue weighted by molar-refractivity contribution is -0.132. The molecule has 0 saturated carbocycles. The summed E-state index contributed by atoms with van der Waals surface area (Å²) in [5.74, 6) is -0.695. The molecule has 0 aliphatic carbocycles. The zero-order chi connectivity index (χ0) is 22.5. The number of aromatic amines is 1. The van der Waals surface area contributed by atoms with Crippen molar-refractivity contribution in [2.45, 2.75) is 6.04 Å². The van der Waals surface area contributed by atoms with E-state index in [9.17, 15) is 14.7 Å². The summed E-state index contributed by atoms with van der Waals surface area (Å²) in [6.45, 7) is 0.0892. The molecular weight excluding hydrogens is 422 g/mol. The van der Waals surface area contributed by atoms with Gasteiger partial charge in [-0.1, -0.05) is 18.2 Å². The zero-order valence-electron chi connectivity index (χ0n) is 17.2. The molecule has 1 amide bonds. The standard InChI is InChI=1S/C25H17N3O5/c29-23(17-12-27-18-4-2-1-3-16(17)18)21-22(14-7-9-26-10-8-14)28(25(31)24(21)30)15-5-6-19-20(11-15)33-13-32-19/h1-12,22,27,29H,13H2/b23-21-. The summed E-state index contributed by atoms with van der Waals surface area (Å²) in [6, 6.07) is 15.1. The molecule has 1 fully saturated rings. The predicted octanol–water partition coefficient (Wildman–Crippen LogP) is 3.92. The van der Waals surface area contributed by atoms with E-state index in [1.807, 2.05) is 24.3 Å². The summed E-state index contributed by atoms with van der Waals surface area (Å²) in [5, 5.41) is 12.1. The third-order valence-electron chi connectivity index (χ3n) is 5.94. The Hall–Kier alpha value is -4.59. The molecular formula is C25H17N3O5. The van der Waals surface area contributed by atoms with Crippen LogP contribution < -0.4 is 14.4 Å². The first kappa shape index (κ1) is 19.1. The number of benzene rings is 2. The maximum Gasteiger partial charge on any atom is 0.300 e. The number of H-pyrrole nitrogens is 1. The highest BCUT2D eigenvalue weighted by Gasteiger charge is 2.47. The number of aliphatic hydroxyl groups excluding tert-OH is 1. The lowest BCUT2D eigenvalue weighted by Gasteiger charge is -2.25. The second-order valence-electron chi connectivity index (χ2n) is 7.74. The van der Waals surface area contributed by atoms with E-state index in [2.05, 4.69) is 9.97 Å². The first-order valence-electron chi connectivity index (χ1n) is 10.3. The van der Waals surface area contributed by atoms with Gasteiger partial charge in [0.05, 0.1) is 11.6 Å². The van der Waals surface area contributed by atoms with E-state index in [1.165, 1.54) is 4.90 Å². The van der Waals surface area contributed by atoms with Crippen molar-refractivity contribution < 1.29 is 24.2 Å². The average Bonchev–Trinajstić information content (AvgIpc) is 3.55. The van der Waals surface area contributed by atoms with Crippen LogP contribution in [0.2, 0.25) is 0 Å². The van der Waals surface area contributed by atoms with Gasteiger partial charge in [-0.3, -0.25) is 19.5 Å². The van der Waals surface area contributed by atoms with Crippen molar-refractivity contribution in [2.75, 3.05) is 11.7 Å². The maximum absolute atomic E-state index is 13.3. The Balaban J connectivity index is 1.57. The molecule has 4 aromatic rings. The number of pyridine rings is 1. The van der Waals surface area contributed by atoms with E-state index < -0.39 is 17.7 Å². The maximum atomic E-state index is 13.3. The molecule has 6 rings (SSSR count). The minimum absolute atomic E-state index is 0.00798. The number of aliphatic hydroxyl groups is 1. The van der Waals surface area contributed by atoms with E-state index in [4.69, 9.17) is 9.47 Å². The van der Waals surface area contributed by atoms with Crippen LogP contribution in [-0.4, -0.2) is 33.6 Å². The quantitative estimate of drug-likeness (QED) is 0.285. The highest BCUT2D eigenvalue weighted by molar-refractivity contribution is 6.51. The number of para-hydroxylation sites is 1. The average molecular weight is 439 g/mol. The Kier molecular flexibility index (Phi) is 4.19. The molecule has 33 heavy (non-hydrogen) atoms. The summed E-state index contributed by atoms with van der Waals surface area (Å²) in [6.07, 6.45) is 4.80. The SMILES string of the molecule is O=C1C(=O)N(c2ccc3c(c2)OCO3)C(c2ccncc2)/C1=C(/O)c1c[nH]c2ccccc12. The number of fused-ring (bicyclic) bond motifs is 2. The van der Waals surface area contributed by atoms with E-state index in [0.717, 1.165) is 10.9 Å². The zero-order valence-corrected chi connectivity index (χ0v) is 17.2. The number of ether oxygens (including phenoxy) is 2. The highest BCUT2D eigenvalue weighted by Crippen LogP contribution is 2.45. The normalized spacial score (nSPS) is 18.9. The Morgan fingerprint density at radius 2 is 1.82 bits per heavy atom. The van der Waals surface area contributed by atoms with Gasteiger partial charge in [0.15, 0.2) is 11.5 Å². The van der Waals surface area contributed by atoms with Crippen molar-refractivity contribution in [3.05, 3.63) is 89.9 Å². The summed E-state index contributed by atoms with van der Waals surface area (Å²) in [4.78, 5) is 35.1. The molecule has 162 valence electrons. The number of nitrogens with one attached hydrogen (secondary N) is 1. The molecule has 0 spiro atoms. The summed E-state index contributed by atoms with van der Waals surface area (Å²) in [5.41, 5.74) is 2.37. The Morgan fingerprint density at radius 1 is 1.03 bits per heavy atom. The molecule has 8 nitrogen and oxygen atoms in total. The fraction of sp³-hybridized carbons (Fsp3) is 0.0800. The van der Waals surface area contributed by atoms with Crippen molar-refractivity contribution >= 4 is 34.0 Å². The molecule has 0 bridgehead atoms. The van der Waals surface area contributed by atoms with Crippen LogP contribution in [0.5, 0.6) is 11.5 Å². The van der Waals surface area contributed by atoms with Crippen LogP contribution >= 0.6 is 0 Å². The van der Waals surface area contributed by atoms with Crippen LogP contribution in [0.3, 0.4) is 0 Å². The number of Topliss-reactive ketones (excluding diaryl/α,β-unsaturated/α-hetero) is 1. The van der Waals surface area contributed by atoms with Crippen molar-refractivity contribution in [1.82, 2.24) is 9.97 Å². The number of hydrogen-bond donors (Lipinski definition) is 2. The van der Waals surface area contributed by atoms with E-state index in [1.54, 1.807) is 48.9 Å². The van der Waals surface area contributed by atoms with Crippen molar-refractivity contribution in [2.24, 2.45) is 0 Å². The minimum Gasteiger partial charge on any atom is -0.507 e. The number of anilines is 1. The van der Waals surface area contributed by atoms with Gasteiger partial charge in [0.25, 0.3) is 11.7 Å². The van der Waals surface area contributed by atoms with Gasteiger partial charge in [-0.05, 0) is 35.9 Å². The van der Waals surface area contributed by atoms with E-state index in [-0.39, 0.29) is 18.1 Å². The van der Waals surface area contributed by atoms with Crippen LogP contribution in [0.4, 0.5) is 5.69 Å². The van der Waals surface area contributed by atoms with Gasteiger partial charge in [0, 0.05) is 46.8 Å². The number of amides is 1. The third-order valence-corrected chi connectivity index (χ3v) is 5.94. The molecule has 1 atom stereocenters. The Morgan fingerprint density at radius 3 is 2.67 bits per heavy atom. The monoisotopic (exact) mass is 439 g/mol. The lowest BCUT2D eigenvalue weighted by atomic mass is 9.95. The van der Waals surface area contributed by atoms with Gasteiger partial charge in [0.1, 0.15) is 5.76 Å². The fourth-order valence-electron chi connectivity index (χ4n) is 4.41. The molecule has 2 N–H and O–H groups in total. The van der Waals surface area contributed by atoms with Crippen molar-refractivity contribution in [3.63, 3.8) is 0 Å². The Bertz CT molecular complexity index is 1460. The van der Waals surface area contributed by atoms with Gasteiger partial charge in [-0.2, -0.15) is 0 Å². The first-order valence-corrected chi connectivity index (χ1v) is 10.3. The lowest BCUT2D eigenvalue weighted by Crippen LogP contribution is -2.29. The largest absolute Gasteiger partial charge is 0.507 e. The van der Waals surface area contributed by atoms with Gasteiger partial charge in [-0.15, -0.1) is 0 Å². The minimum atomic E-state index is -0.845. The molecule has 1 unspecified atom stereocenters. The number of nitrogens with zero attached hydrogens (tertiary/aromatic N) is 2. The molecule has 8 heteroatoms. The van der Waals surface area contributed by atoms with Gasteiger partial charge < -0.3 is 19.6 Å². The second kappa shape index (κ2) is 7.23. The van der Waals surface area contributed by atoms with Gasteiger partial charge in [-0.25, -0.2) is 0 Å². The molecule has 2 aromatic heterocycles. The van der Waals surface area contributed by atoms with Crippen LogP contribution in [0.25, 0.3) is 16.7 Å². The number of rotatable bonds is 3. The van der Waals surface area contributed by atoms with Crippen molar-refractivity contribution in [1.29, 1.82) is 0 Å².